The Bertz CT molecular complexity index is 273. The smallest absolute Gasteiger partial charge is 0.0790 e. The molecule has 0 amide bonds. The topological polar surface area (TPSA) is 32.7 Å². The third-order valence-corrected chi connectivity index (χ3v) is 5.84. The molecular weight excluding hydrogens is 234 g/mol. The van der Waals surface area contributed by atoms with Crippen molar-refractivity contribution in [1.82, 2.24) is 4.90 Å². The van der Waals surface area contributed by atoms with Gasteiger partial charge in [0, 0.05) is 31.8 Å². The summed E-state index contributed by atoms with van der Waals surface area (Å²) < 4.78 is 5.47. The zero-order valence-electron chi connectivity index (χ0n) is 10.5. The lowest BCUT2D eigenvalue weighted by molar-refractivity contribution is -0.125. The molecule has 0 saturated carbocycles. The van der Waals surface area contributed by atoms with E-state index in [1.165, 1.54) is 13.0 Å². The third kappa shape index (κ3) is 2.37. The molecule has 3 heterocycles. The van der Waals surface area contributed by atoms with Crippen molar-refractivity contribution in [3.63, 3.8) is 0 Å². The summed E-state index contributed by atoms with van der Waals surface area (Å²) >= 11 is 1.98. The zero-order valence-corrected chi connectivity index (χ0v) is 11.3. The summed E-state index contributed by atoms with van der Waals surface area (Å²) in [6, 6.07) is 0. The van der Waals surface area contributed by atoms with Gasteiger partial charge in [0.1, 0.15) is 0 Å². The van der Waals surface area contributed by atoms with Crippen LogP contribution in [-0.2, 0) is 4.74 Å². The van der Waals surface area contributed by atoms with E-state index in [4.69, 9.17) is 4.74 Å². The second-order valence-corrected chi connectivity index (χ2v) is 7.07. The van der Waals surface area contributed by atoms with Crippen LogP contribution in [0.1, 0.15) is 32.1 Å². The normalized spacial score (nSPS) is 32.3. The quantitative estimate of drug-likeness (QED) is 0.812. The Hall–Kier alpha value is 0.230. The van der Waals surface area contributed by atoms with Crippen molar-refractivity contribution in [2.75, 3.05) is 37.8 Å². The van der Waals surface area contributed by atoms with E-state index in [2.05, 4.69) is 4.90 Å². The monoisotopic (exact) mass is 257 g/mol. The number of ether oxygens (including phenoxy) is 1. The van der Waals surface area contributed by atoms with Gasteiger partial charge in [-0.25, -0.2) is 0 Å². The van der Waals surface area contributed by atoms with Crippen molar-refractivity contribution in [3.05, 3.63) is 0 Å². The molecule has 98 valence electrons. The van der Waals surface area contributed by atoms with E-state index in [-0.39, 0.29) is 0 Å². The Balaban J connectivity index is 1.61. The molecule has 0 aromatic heterocycles. The van der Waals surface area contributed by atoms with Crippen LogP contribution in [0.3, 0.4) is 0 Å². The molecule has 1 N–H and O–H groups in total. The fraction of sp³-hybridized carbons (Fsp3) is 1.00. The highest BCUT2D eigenvalue weighted by molar-refractivity contribution is 7.99. The minimum Gasteiger partial charge on any atom is -0.388 e. The van der Waals surface area contributed by atoms with Crippen LogP contribution in [0.4, 0.5) is 0 Å². The molecule has 4 heteroatoms. The molecule has 1 spiro atoms. The van der Waals surface area contributed by atoms with Crippen molar-refractivity contribution in [3.8, 4) is 0 Å². The Morgan fingerprint density at radius 2 is 1.76 bits per heavy atom. The number of rotatable bonds is 2. The van der Waals surface area contributed by atoms with Gasteiger partial charge in [-0.05, 0) is 43.6 Å². The van der Waals surface area contributed by atoms with Crippen LogP contribution in [0.2, 0.25) is 0 Å². The molecule has 0 bridgehead atoms. The van der Waals surface area contributed by atoms with Gasteiger partial charge in [0.15, 0.2) is 0 Å². The van der Waals surface area contributed by atoms with Crippen molar-refractivity contribution in [1.29, 1.82) is 0 Å². The molecule has 3 aliphatic rings. The lowest BCUT2D eigenvalue weighted by atomic mass is 9.76. The molecule has 3 fully saturated rings. The second-order valence-electron chi connectivity index (χ2n) is 5.84. The Morgan fingerprint density at radius 3 is 2.35 bits per heavy atom. The van der Waals surface area contributed by atoms with Gasteiger partial charge >= 0.3 is 0 Å². The molecule has 0 aromatic carbocycles. The molecule has 3 nitrogen and oxygen atoms in total. The average molecular weight is 257 g/mol. The van der Waals surface area contributed by atoms with Crippen LogP contribution in [0.5, 0.6) is 0 Å². The molecule has 3 rings (SSSR count). The maximum Gasteiger partial charge on any atom is 0.0790 e. The van der Waals surface area contributed by atoms with E-state index in [0.717, 1.165) is 56.9 Å². The summed E-state index contributed by atoms with van der Waals surface area (Å²) in [5, 5.41) is 10.6. The number of hydrogen-bond donors (Lipinski definition) is 1. The van der Waals surface area contributed by atoms with Crippen molar-refractivity contribution in [2.45, 2.75) is 43.2 Å². The largest absolute Gasteiger partial charge is 0.388 e. The molecule has 0 aliphatic carbocycles. The van der Waals surface area contributed by atoms with Crippen LogP contribution in [0, 0.1) is 0 Å². The highest BCUT2D eigenvalue weighted by Crippen LogP contribution is 2.41. The van der Waals surface area contributed by atoms with Gasteiger partial charge in [-0.3, -0.25) is 4.90 Å². The first kappa shape index (κ1) is 12.3. The maximum atomic E-state index is 10.6. The maximum absolute atomic E-state index is 10.6. The summed E-state index contributed by atoms with van der Waals surface area (Å²) in [5.41, 5.74) is -0.0183. The minimum atomic E-state index is -0.406. The number of β-amino-alcohol motifs (C(OH)–C–C–N with tert-alkyl or cyclic N) is 1. The third-order valence-electron chi connectivity index (χ3n) is 4.85. The number of hydrogen-bond acceptors (Lipinski definition) is 4. The molecule has 0 radical (unpaired) electrons. The van der Waals surface area contributed by atoms with E-state index in [0.29, 0.717) is 5.54 Å². The number of thioether (sulfide) groups is 1. The summed E-state index contributed by atoms with van der Waals surface area (Å²) in [6.45, 7) is 3.89. The van der Waals surface area contributed by atoms with Crippen LogP contribution in [0.25, 0.3) is 0 Å². The molecule has 0 atom stereocenters. The number of likely N-dealkylation sites (tertiary alicyclic amines) is 1. The van der Waals surface area contributed by atoms with Gasteiger partial charge in [0.25, 0.3) is 0 Å². The number of nitrogens with zero attached hydrogens (tertiary/aromatic N) is 1. The second kappa shape index (κ2) is 4.72. The summed E-state index contributed by atoms with van der Waals surface area (Å²) in [6.07, 6.45) is 5.58. The zero-order chi connectivity index (χ0) is 11.8. The molecule has 0 unspecified atom stereocenters. The van der Waals surface area contributed by atoms with Crippen LogP contribution >= 0.6 is 11.8 Å². The number of aliphatic hydroxyl groups is 1. The lowest BCUT2D eigenvalue weighted by Gasteiger charge is -2.57. The van der Waals surface area contributed by atoms with E-state index in [1.54, 1.807) is 0 Å². The van der Waals surface area contributed by atoms with Gasteiger partial charge in [-0.2, -0.15) is 11.8 Å². The van der Waals surface area contributed by atoms with E-state index in [1.807, 2.05) is 11.8 Å². The molecule has 17 heavy (non-hydrogen) atoms. The highest BCUT2D eigenvalue weighted by Gasteiger charge is 2.48. The molecule has 0 aromatic rings. The fourth-order valence-electron chi connectivity index (χ4n) is 3.42. The Kier molecular flexibility index (Phi) is 3.41. The predicted molar refractivity (Wildman–Crippen MR) is 70.5 cm³/mol. The Labute approximate surface area is 108 Å². The first-order valence-electron chi connectivity index (χ1n) is 6.86. The van der Waals surface area contributed by atoms with E-state index in [9.17, 15) is 5.11 Å². The summed E-state index contributed by atoms with van der Waals surface area (Å²) in [4.78, 5) is 2.55. The van der Waals surface area contributed by atoms with E-state index >= 15 is 0 Å². The van der Waals surface area contributed by atoms with Crippen LogP contribution in [0.15, 0.2) is 0 Å². The van der Waals surface area contributed by atoms with E-state index < -0.39 is 5.60 Å². The van der Waals surface area contributed by atoms with Crippen LogP contribution in [-0.4, -0.2) is 59.0 Å². The minimum absolute atomic E-state index is 0.387. The molecular formula is C13H23NO2S. The summed E-state index contributed by atoms with van der Waals surface area (Å²) in [7, 11) is 0. The van der Waals surface area contributed by atoms with Crippen molar-refractivity contribution in [2.24, 2.45) is 0 Å². The fourth-order valence-corrected chi connectivity index (χ4v) is 4.67. The molecule has 3 saturated heterocycles. The summed E-state index contributed by atoms with van der Waals surface area (Å²) in [5.74, 6) is 2.25. The van der Waals surface area contributed by atoms with Gasteiger partial charge in [-0.15, -0.1) is 0 Å². The SMILES string of the molecule is OC1(CN2CCC23CCOCC3)CCSCC1. The molecule has 3 aliphatic heterocycles. The lowest BCUT2D eigenvalue weighted by Crippen LogP contribution is -2.65. The Morgan fingerprint density at radius 1 is 1.06 bits per heavy atom. The van der Waals surface area contributed by atoms with Gasteiger partial charge in [0.05, 0.1) is 5.60 Å². The van der Waals surface area contributed by atoms with Crippen molar-refractivity contribution < 1.29 is 9.84 Å². The predicted octanol–water partition coefficient (Wildman–Crippen LogP) is 1.50. The standard InChI is InChI=1S/C13H23NO2S/c15-13(4-9-17-10-5-13)11-14-6-1-12(14)2-7-16-8-3-12/h15H,1-11H2. The highest BCUT2D eigenvalue weighted by atomic mass is 32.2. The van der Waals surface area contributed by atoms with Gasteiger partial charge in [-0.1, -0.05) is 0 Å². The van der Waals surface area contributed by atoms with Gasteiger partial charge < -0.3 is 9.84 Å². The van der Waals surface area contributed by atoms with Crippen molar-refractivity contribution >= 4 is 11.8 Å². The first-order chi connectivity index (χ1) is 8.23. The first-order valence-corrected chi connectivity index (χ1v) is 8.01. The average Bonchev–Trinajstić information content (AvgIpc) is 2.37. The van der Waals surface area contributed by atoms with Gasteiger partial charge in [0.2, 0.25) is 0 Å². The van der Waals surface area contributed by atoms with Crippen LogP contribution < -0.4 is 0 Å².